The van der Waals surface area contributed by atoms with Crippen molar-refractivity contribution in [1.29, 1.82) is 0 Å². The maximum Gasteiger partial charge on any atom is 0.138 e. The van der Waals surface area contributed by atoms with Crippen LogP contribution in [0.15, 0.2) is 6.33 Å². The number of nitrogens with one attached hydrogen (secondary N) is 1. The van der Waals surface area contributed by atoms with Crippen LogP contribution in [0.3, 0.4) is 0 Å². The van der Waals surface area contributed by atoms with Gasteiger partial charge in [0.25, 0.3) is 0 Å². The number of nitrogens with zero attached hydrogens (tertiary/aromatic N) is 3. The van der Waals surface area contributed by atoms with Crippen molar-refractivity contribution >= 4 is 0 Å². The summed E-state index contributed by atoms with van der Waals surface area (Å²) in [5.41, 5.74) is 0.166. The first-order valence-corrected chi connectivity index (χ1v) is 7.34. The molecule has 1 N–H and O–H groups in total. The molecule has 0 aliphatic rings. The van der Waals surface area contributed by atoms with E-state index in [9.17, 15) is 0 Å². The molecule has 4 heteroatoms. The van der Waals surface area contributed by atoms with E-state index in [-0.39, 0.29) is 5.54 Å². The Morgan fingerprint density at radius 3 is 2.32 bits per heavy atom. The number of hydrogen-bond donors (Lipinski definition) is 1. The predicted molar refractivity (Wildman–Crippen MR) is 80.2 cm³/mol. The van der Waals surface area contributed by atoms with Crippen molar-refractivity contribution in [2.45, 2.75) is 66.5 Å². The molecule has 0 spiro atoms. The highest BCUT2D eigenvalue weighted by Crippen LogP contribution is 2.18. The van der Waals surface area contributed by atoms with Gasteiger partial charge >= 0.3 is 0 Å². The molecule has 1 rings (SSSR count). The summed E-state index contributed by atoms with van der Waals surface area (Å²) in [4.78, 5) is 4.43. The third-order valence-electron chi connectivity index (χ3n) is 3.42. The fraction of sp³-hybridized carbons (Fsp3) is 0.867. The van der Waals surface area contributed by atoms with Gasteiger partial charge in [-0.1, -0.05) is 13.8 Å². The molecule has 0 saturated carbocycles. The van der Waals surface area contributed by atoms with Crippen LogP contribution < -0.4 is 5.32 Å². The van der Waals surface area contributed by atoms with Crippen molar-refractivity contribution in [2.24, 2.45) is 11.8 Å². The summed E-state index contributed by atoms with van der Waals surface area (Å²) >= 11 is 0. The Balaban J connectivity index is 2.70. The second-order valence-corrected chi connectivity index (χ2v) is 7.05. The highest BCUT2D eigenvalue weighted by Gasteiger charge is 2.20. The smallest absolute Gasteiger partial charge is 0.138 e. The second kappa shape index (κ2) is 6.51. The van der Waals surface area contributed by atoms with Crippen molar-refractivity contribution in [3.63, 3.8) is 0 Å². The molecule has 0 amide bonds. The molecule has 0 aromatic carbocycles. The first-order valence-electron chi connectivity index (χ1n) is 7.34. The molecule has 4 nitrogen and oxygen atoms in total. The zero-order valence-corrected chi connectivity index (χ0v) is 13.6. The first-order chi connectivity index (χ1) is 8.70. The molecule has 1 unspecified atom stereocenters. The van der Waals surface area contributed by atoms with Crippen LogP contribution in [0.5, 0.6) is 0 Å². The summed E-state index contributed by atoms with van der Waals surface area (Å²) < 4.78 is 2.03. The molecule has 0 aliphatic carbocycles. The molecule has 0 aliphatic heterocycles. The van der Waals surface area contributed by atoms with Crippen molar-refractivity contribution in [3.8, 4) is 0 Å². The molecule has 1 aromatic heterocycles. The van der Waals surface area contributed by atoms with Crippen LogP contribution in [0, 0.1) is 11.8 Å². The van der Waals surface area contributed by atoms with Crippen LogP contribution >= 0.6 is 0 Å². The minimum atomic E-state index is 0.166. The summed E-state index contributed by atoms with van der Waals surface area (Å²) in [6.07, 6.45) is 2.66. The standard InChI is InChI=1S/C15H30N4/c1-11(2)13(9-17-15(5,6)7)8-14-16-10-18-19(14)12(3)4/h10-13,17H,8-9H2,1-7H3. The van der Waals surface area contributed by atoms with Gasteiger partial charge in [-0.15, -0.1) is 0 Å². The highest BCUT2D eigenvalue weighted by molar-refractivity contribution is 4.91. The topological polar surface area (TPSA) is 42.7 Å². The van der Waals surface area contributed by atoms with Gasteiger partial charge < -0.3 is 5.32 Å². The second-order valence-electron chi connectivity index (χ2n) is 7.05. The van der Waals surface area contributed by atoms with E-state index >= 15 is 0 Å². The van der Waals surface area contributed by atoms with E-state index in [2.05, 4.69) is 63.9 Å². The SMILES string of the molecule is CC(C)C(CNC(C)(C)C)Cc1ncnn1C(C)C. The molecular formula is C15H30N4. The molecule has 1 aromatic rings. The van der Waals surface area contributed by atoms with Crippen molar-refractivity contribution in [3.05, 3.63) is 12.2 Å². The zero-order chi connectivity index (χ0) is 14.6. The Kier molecular flexibility index (Phi) is 5.53. The van der Waals surface area contributed by atoms with Gasteiger partial charge in [-0.3, -0.25) is 0 Å². The number of hydrogen-bond acceptors (Lipinski definition) is 3. The van der Waals surface area contributed by atoms with Gasteiger partial charge in [0.1, 0.15) is 12.2 Å². The molecule has 110 valence electrons. The molecule has 0 bridgehead atoms. The van der Waals surface area contributed by atoms with Gasteiger partial charge in [-0.2, -0.15) is 5.10 Å². The Bertz CT molecular complexity index is 374. The molecular weight excluding hydrogens is 236 g/mol. The summed E-state index contributed by atoms with van der Waals surface area (Å²) in [5.74, 6) is 2.32. The lowest BCUT2D eigenvalue weighted by atomic mass is 9.91. The average Bonchev–Trinajstić information content (AvgIpc) is 2.70. The van der Waals surface area contributed by atoms with Crippen molar-refractivity contribution in [1.82, 2.24) is 20.1 Å². The van der Waals surface area contributed by atoms with E-state index < -0.39 is 0 Å². The Hall–Kier alpha value is -0.900. The highest BCUT2D eigenvalue weighted by atomic mass is 15.3. The van der Waals surface area contributed by atoms with Gasteiger partial charge in [-0.05, 0) is 53.0 Å². The molecule has 0 saturated heterocycles. The third-order valence-corrected chi connectivity index (χ3v) is 3.42. The Morgan fingerprint density at radius 1 is 1.21 bits per heavy atom. The normalized spacial score (nSPS) is 14.4. The van der Waals surface area contributed by atoms with Crippen molar-refractivity contribution in [2.75, 3.05) is 6.54 Å². The van der Waals surface area contributed by atoms with Crippen LogP contribution in [0.2, 0.25) is 0 Å². The largest absolute Gasteiger partial charge is 0.312 e. The van der Waals surface area contributed by atoms with Gasteiger partial charge in [0.15, 0.2) is 0 Å². The Morgan fingerprint density at radius 2 is 1.84 bits per heavy atom. The fourth-order valence-electron chi connectivity index (χ4n) is 2.07. The van der Waals surface area contributed by atoms with Crippen LogP contribution in [0.25, 0.3) is 0 Å². The summed E-state index contributed by atoms with van der Waals surface area (Å²) in [7, 11) is 0. The van der Waals surface area contributed by atoms with Crippen LogP contribution in [-0.4, -0.2) is 26.8 Å². The lowest BCUT2D eigenvalue weighted by Gasteiger charge is -2.27. The van der Waals surface area contributed by atoms with Crippen LogP contribution in [0.1, 0.15) is 60.3 Å². The van der Waals surface area contributed by atoms with Gasteiger partial charge in [0.2, 0.25) is 0 Å². The average molecular weight is 266 g/mol. The summed E-state index contributed by atoms with van der Waals surface area (Å²) in [6, 6.07) is 0.376. The molecule has 1 atom stereocenters. The van der Waals surface area contributed by atoms with E-state index in [1.165, 1.54) is 0 Å². The molecule has 19 heavy (non-hydrogen) atoms. The minimum Gasteiger partial charge on any atom is -0.312 e. The third kappa shape index (κ3) is 5.31. The van der Waals surface area contributed by atoms with E-state index in [1.54, 1.807) is 6.33 Å². The minimum absolute atomic E-state index is 0.166. The van der Waals surface area contributed by atoms with Crippen LogP contribution in [-0.2, 0) is 6.42 Å². The quantitative estimate of drug-likeness (QED) is 0.860. The van der Waals surface area contributed by atoms with E-state index in [4.69, 9.17) is 0 Å². The zero-order valence-electron chi connectivity index (χ0n) is 13.6. The van der Waals surface area contributed by atoms with Gasteiger partial charge in [-0.25, -0.2) is 9.67 Å². The maximum absolute atomic E-state index is 4.43. The molecule has 0 fully saturated rings. The van der Waals surface area contributed by atoms with Crippen LogP contribution in [0.4, 0.5) is 0 Å². The molecule has 0 radical (unpaired) electrons. The van der Waals surface area contributed by atoms with Gasteiger partial charge in [0.05, 0.1) is 0 Å². The fourth-order valence-corrected chi connectivity index (χ4v) is 2.07. The predicted octanol–water partition coefficient (Wildman–Crippen LogP) is 3.06. The maximum atomic E-state index is 4.43. The molecule has 1 heterocycles. The summed E-state index contributed by atoms with van der Waals surface area (Å²) in [6.45, 7) is 16.5. The Labute approximate surface area is 118 Å². The van der Waals surface area contributed by atoms with E-state index in [1.807, 2.05) is 4.68 Å². The lowest BCUT2D eigenvalue weighted by Crippen LogP contribution is -2.41. The summed E-state index contributed by atoms with van der Waals surface area (Å²) in [5, 5.41) is 7.93. The van der Waals surface area contributed by atoms with Gasteiger partial charge in [0, 0.05) is 18.0 Å². The number of rotatable bonds is 6. The first kappa shape index (κ1) is 16.2. The van der Waals surface area contributed by atoms with E-state index in [0.717, 1.165) is 18.8 Å². The van der Waals surface area contributed by atoms with E-state index in [0.29, 0.717) is 17.9 Å². The monoisotopic (exact) mass is 266 g/mol. The van der Waals surface area contributed by atoms with Crippen molar-refractivity contribution < 1.29 is 0 Å². The lowest BCUT2D eigenvalue weighted by molar-refractivity contribution is 0.303. The number of aromatic nitrogens is 3.